The molecular formula is C12H17N. The first-order chi connectivity index (χ1) is 6.41. The van der Waals surface area contributed by atoms with Gasteiger partial charge in [-0.05, 0) is 19.3 Å². The van der Waals surface area contributed by atoms with E-state index in [1.165, 1.54) is 0 Å². The van der Waals surface area contributed by atoms with Crippen molar-refractivity contribution < 1.29 is 0 Å². The maximum Gasteiger partial charge on any atom is 0.0663 e. The highest BCUT2D eigenvalue weighted by Crippen LogP contribution is 1.92. The van der Waals surface area contributed by atoms with Gasteiger partial charge in [-0.2, -0.15) is 5.26 Å². The lowest BCUT2D eigenvalue weighted by molar-refractivity contribution is 1.19. The Hall–Kier alpha value is -1.29. The summed E-state index contributed by atoms with van der Waals surface area (Å²) in [7, 11) is 0. The molecule has 0 atom stereocenters. The van der Waals surface area contributed by atoms with Crippen LogP contribution in [0.2, 0.25) is 0 Å². The number of nitriles is 1. The monoisotopic (exact) mass is 175 g/mol. The summed E-state index contributed by atoms with van der Waals surface area (Å²) in [5.41, 5.74) is 0. The van der Waals surface area contributed by atoms with Crippen LogP contribution in [0.15, 0.2) is 36.5 Å². The molecule has 0 unspecified atom stereocenters. The molecule has 0 fully saturated rings. The van der Waals surface area contributed by atoms with Gasteiger partial charge in [0.05, 0.1) is 12.5 Å². The third-order valence-corrected chi connectivity index (χ3v) is 1.49. The van der Waals surface area contributed by atoms with Gasteiger partial charge >= 0.3 is 0 Å². The molecule has 0 radical (unpaired) electrons. The van der Waals surface area contributed by atoms with Gasteiger partial charge in [0.1, 0.15) is 0 Å². The Morgan fingerprint density at radius 1 is 0.923 bits per heavy atom. The van der Waals surface area contributed by atoms with Crippen LogP contribution in [-0.2, 0) is 0 Å². The quantitative estimate of drug-likeness (QED) is 0.564. The first-order valence-corrected chi connectivity index (χ1v) is 4.73. The second-order valence-corrected chi connectivity index (χ2v) is 2.66. The third-order valence-electron chi connectivity index (χ3n) is 1.49. The first-order valence-electron chi connectivity index (χ1n) is 4.73. The van der Waals surface area contributed by atoms with Crippen molar-refractivity contribution in [2.75, 3.05) is 0 Å². The van der Waals surface area contributed by atoms with Crippen LogP contribution >= 0.6 is 0 Å². The van der Waals surface area contributed by atoms with Gasteiger partial charge < -0.3 is 0 Å². The van der Waals surface area contributed by atoms with Crippen molar-refractivity contribution in [3.8, 4) is 6.07 Å². The van der Waals surface area contributed by atoms with E-state index in [0.717, 1.165) is 19.3 Å². The molecule has 0 N–H and O–H groups in total. The predicted molar refractivity (Wildman–Crippen MR) is 57.2 cm³/mol. The summed E-state index contributed by atoms with van der Waals surface area (Å²) in [5, 5.41) is 8.24. The van der Waals surface area contributed by atoms with Gasteiger partial charge in [0.15, 0.2) is 0 Å². The molecule has 70 valence electrons. The molecule has 0 saturated carbocycles. The van der Waals surface area contributed by atoms with E-state index in [1.807, 2.05) is 12.2 Å². The molecule has 0 rings (SSSR count). The Bertz CT molecular complexity index is 216. The van der Waals surface area contributed by atoms with Gasteiger partial charge in [-0.3, -0.25) is 0 Å². The zero-order valence-corrected chi connectivity index (χ0v) is 8.24. The minimum atomic E-state index is 0.517. The molecule has 0 aromatic heterocycles. The van der Waals surface area contributed by atoms with E-state index in [2.05, 4.69) is 37.3 Å². The molecule has 0 aliphatic heterocycles. The van der Waals surface area contributed by atoms with E-state index >= 15 is 0 Å². The number of hydrogen-bond donors (Lipinski definition) is 0. The van der Waals surface area contributed by atoms with Gasteiger partial charge in [-0.1, -0.05) is 43.4 Å². The van der Waals surface area contributed by atoms with E-state index < -0.39 is 0 Å². The molecule has 0 heterocycles. The van der Waals surface area contributed by atoms with E-state index in [-0.39, 0.29) is 0 Å². The molecule has 0 spiro atoms. The lowest BCUT2D eigenvalue weighted by Crippen LogP contribution is -1.62. The average molecular weight is 175 g/mol. The Morgan fingerprint density at radius 2 is 1.46 bits per heavy atom. The number of rotatable bonds is 6. The summed E-state index contributed by atoms with van der Waals surface area (Å²) in [6.45, 7) is 2.13. The maximum atomic E-state index is 8.24. The highest BCUT2D eigenvalue weighted by molar-refractivity contribution is 4.98. The molecule has 0 aromatic rings. The predicted octanol–water partition coefficient (Wildman–Crippen LogP) is 3.76. The van der Waals surface area contributed by atoms with Crippen molar-refractivity contribution in [3.05, 3.63) is 36.5 Å². The van der Waals surface area contributed by atoms with Crippen LogP contribution in [0, 0.1) is 11.3 Å². The van der Waals surface area contributed by atoms with Gasteiger partial charge in [0.2, 0.25) is 0 Å². The molecular weight excluding hydrogens is 158 g/mol. The smallest absolute Gasteiger partial charge is 0.0663 e. The van der Waals surface area contributed by atoms with Crippen molar-refractivity contribution >= 4 is 0 Å². The Kier molecular flexibility index (Phi) is 9.65. The van der Waals surface area contributed by atoms with Crippen LogP contribution in [0.1, 0.15) is 32.6 Å². The number of allylic oxidation sites excluding steroid dienone is 6. The Labute approximate surface area is 81.1 Å². The van der Waals surface area contributed by atoms with E-state index in [1.54, 1.807) is 0 Å². The minimum Gasteiger partial charge on any atom is -0.198 e. The van der Waals surface area contributed by atoms with Crippen molar-refractivity contribution in [2.24, 2.45) is 0 Å². The number of nitrogens with zero attached hydrogens (tertiary/aromatic N) is 1. The standard InChI is InChI=1S/C12H17N/c1-2-3-4-5-6-7-8-9-10-11-12-13/h3-4,6-7,9-10H,2,5,8,11H2,1H3/b4-3+,7-6+,10-9+. The fourth-order valence-electron chi connectivity index (χ4n) is 0.845. The van der Waals surface area contributed by atoms with Crippen molar-refractivity contribution in [3.63, 3.8) is 0 Å². The Morgan fingerprint density at radius 3 is 2.00 bits per heavy atom. The lowest BCUT2D eigenvalue weighted by Gasteiger charge is -1.82. The summed E-state index contributed by atoms with van der Waals surface area (Å²) in [5.74, 6) is 0. The van der Waals surface area contributed by atoms with Crippen LogP contribution in [0.5, 0.6) is 0 Å². The Balaban J connectivity index is 3.32. The van der Waals surface area contributed by atoms with E-state index in [4.69, 9.17) is 5.26 Å². The lowest BCUT2D eigenvalue weighted by atomic mass is 10.2. The fourth-order valence-corrected chi connectivity index (χ4v) is 0.845. The van der Waals surface area contributed by atoms with Crippen LogP contribution in [-0.4, -0.2) is 0 Å². The highest BCUT2D eigenvalue weighted by Gasteiger charge is 1.73. The summed E-state index contributed by atoms with van der Waals surface area (Å²) < 4.78 is 0. The first kappa shape index (κ1) is 11.7. The summed E-state index contributed by atoms with van der Waals surface area (Å²) in [4.78, 5) is 0. The SMILES string of the molecule is CC/C=C/C/C=C/C/C=C/CC#N. The highest BCUT2D eigenvalue weighted by atomic mass is 14.2. The third kappa shape index (κ3) is 10.7. The van der Waals surface area contributed by atoms with Crippen LogP contribution in [0.3, 0.4) is 0 Å². The molecule has 0 bridgehead atoms. The molecule has 0 aliphatic rings. The molecule has 0 aromatic carbocycles. The minimum absolute atomic E-state index is 0.517. The fraction of sp³-hybridized carbons (Fsp3) is 0.417. The maximum absolute atomic E-state index is 8.24. The zero-order chi connectivity index (χ0) is 9.78. The molecule has 13 heavy (non-hydrogen) atoms. The topological polar surface area (TPSA) is 23.8 Å². The summed E-state index contributed by atoms with van der Waals surface area (Å²) in [6, 6.07) is 2.06. The van der Waals surface area contributed by atoms with Gasteiger partial charge in [-0.25, -0.2) is 0 Å². The summed E-state index contributed by atoms with van der Waals surface area (Å²) >= 11 is 0. The molecule has 1 heteroatoms. The van der Waals surface area contributed by atoms with Crippen molar-refractivity contribution in [2.45, 2.75) is 32.6 Å². The number of hydrogen-bond acceptors (Lipinski definition) is 1. The second kappa shape index (κ2) is 10.7. The van der Waals surface area contributed by atoms with E-state index in [0.29, 0.717) is 6.42 Å². The second-order valence-electron chi connectivity index (χ2n) is 2.66. The van der Waals surface area contributed by atoms with Crippen LogP contribution in [0.4, 0.5) is 0 Å². The zero-order valence-electron chi connectivity index (χ0n) is 8.24. The van der Waals surface area contributed by atoms with Crippen LogP contribution in [0.25, 0.3) is 0 Å². The van der Waals surface area contributed by atoms with E-state index in [9.17, 15) is 0 Å². The molecule has 0 saturated heterocycles. The van der Waals surface area contributed by atoms with Gasteiger partial charge in [-0.15, -0.1) is 0 Å². The van der Waals surface area contributed by atoms with Gasteiger partial charge in [0.25, 0.3) is 0 Å². The molecule has 0 amide bonds. The van der Waals surface area contributed by atoms with Gasteiger partial charge in [0, 0.05) is 0 Å². The molecule has 1 nitrogen and oxygen atoms in total. The van der Waals surface area contributed by atoms with Crippen molar-refractivity contribution in [1.82, 2.24) is 0 Å². The molecule has 0 aliphatic carbocycles. The van der Waals surface area contributed by atoms with Crippen LogP contribution < -0.4 is 0 Å². The largest absolute Gasteiger partial charge is 0.198 e. The average Bonchev–Trinajstić information content (AvgIpc) is 2.16. The normalized spacial score (nSPS) is 11.7. The summed E-state index contributed by atoms with van der Waals surface area (Å²) in [6.07, 6.45) is 16.1. The van der Waals surface area contributed by atoms with Crippen molar-refractivity contribution in [1.29, 1.82) is 5.26 Å².